The molecule has 2 aromatic rings. The van der Waals surface area contributed by atoms with Crippen molar-refractivity contribution in [2.24, 2.45) is 0 Å². The molecule has 30 heavy (non-hydrogen) atoms. The molecular weight excluding hydrogens is 374 g/mol. The van der Waals surface area contributed by atoms with Crippen molar-refractivity contribution < 1.29 is 9.59 Å². The Morgan fingerprint density at radius 3 is 1.90 bits per heavy atom. The van der Waals surface area contributed by atoms with Crippen molar-refractivity contribution in [1.82, 2.24) is 15.1 Å². The van der Waals surface area contributed by atoms with Crippen LogP contribution >= 0.6 is 0 Å². The quantitative estimate of drug-likeness (QED) is 0.628. The first kappa shape index (κ1) is 22.0. The first-order valence-corrected chi connectivity index (χ1v) is 10.9. The van der Waals surface area contributed by atoms with Crippen molar-refractivity contribution >= 4 is 11.9 Å². The highest BCUT2D eigenvalue weighted by Gasteiger charge is 2.53. The lowest BCUT2D eigenvalue weighted by molar-refractivity contribution is -0.130. The van der Waals surface area contributed by atoms with E-state index >= 15 is 0 Å². The van der Waals surface area contributed by atoms with Crippen molar-refractivity contribution in [2.75, 3.05) is 19.6 Å². The number of carbonyl (C=O) groups is 2. The fourth-order valence-corrected chi connectivity index (χ4v) is 4.14. The Morgan fingerprint density at radius 2 is 1.43 bits per heavy atom. The van der Waals surface area contributed by atoms with E-state index in [0.717, 1.165) is 30.5 Å². The Hall–Kier alpha value is -2.66. The molecule has 3 amide bonds. The summed E-state index contributed by atoms with van der Waals surface area (Å²) in [5.74, 6) is -0.212. The number of hydrogen-bond acceptors (Lipinski definition) is 3. The second-order valence-electron chi connectivity index (χ2n) is 8.52. The van der Waals surface area contributed by atoms with Gasteiger partial charge in [-0.25, -0.2) is 4.79 Å². The summed E-state index contributed by atoms with van der Waals surface area (Å²) in [5.41, 5.74) is 0.383. The second kappa shape index (κ2) is 9.00. The van der Waals surface area contributed by atoms with Gasteiger partial charge in [0.05, 0.1) is 0 Å². The zero-order chi connectivity index (χ0) is 21.8. The van der Waals surface area contributed by atoms with Crippen molar-refractivity contribution in [3.05, 3.63) is 71.8 Å². The average Bonchev–Trinajstić information content (AvgIpc) is 3.03. The smallest absolute Gasteiger partial charge is 0.315 e. The fourth-order valence-electron chi connectivity index (χ4n) is 4.14. The molecule has 0 atom stereocenters. The first-order chi connectivity index (χ1) is 14.4. The van der Waals surface area contributed by atoms with Crippen LogP contribution < -0.4 is 5.32 Å². The molecule has 3 rings (SSSR count). The summed E-state index contributed by atoms with van der Waals surface area (Å²) in [6.07, 6.45) is 2.03. The Morgan fingerprint density at radius 1 is 0.900 bits per heavy atom. The molecule has 5 nitrogen and oxygen atoms in total. The lowest BCUT2D eigenvalue weighted by atomic mass is 9.82. The van der Waals surface area contributed by atoms with Gasteiger partial charge >= 0.3 is 6.03 Å². The molecule has 1 aliphatic rings. The van der Waals surface area contributed by atoms with Crippen LogP contribution in [-0.2, 0) is 10.3 Å². The summed E-state index contributed by atoms with van der Waals surface area (Å²) in [5, 5.41) is 3.03. The van der Waals surface area contributed by atoms with Crippen LogP contribution in [0.4, 0.5) is 4.79 Å². The number of nitrogens with one attached hydrogen (secondary N) is 1. The van der Waals surface area contributed by atoms with Gasteiger partial charge in [0.2, 0.25) is 0 Å². The predicted molar refractivity (Wildman–Crippen MR) is 120 cm³/mol. The molecule has 0 spiro atoms. The highest BCUT2D eigenvalue weighted by atomic mass is 16.2. The summed E-state index contributed by atoms with van der Waals surface area (Å²) in [7, 11) is 0. The van der Waals surface area contributed by atoms with Gasteiger partial charge in [0.15, 0.2) is 5.54 Å². The largest absolute Gasteiger partial charge is 0.325 e. The minimum absolute atomic E-state index is 0.0191. The third-order valence-corrected chi connectivity index (χ3v) is 6.33. The van der Waals surface area contributed by atoms with Crippen LogP contribution in [0.15, 0.2) is 60.7 Å². The van der Waals surface area contributed by atoms with Crippen molar-refractivity contribution in [3.8, 4) is 0 Å². The van der Waals surface area contributed by atoms with Crippen LogP contribution in [0.2, 0.25) is 0 Å². The molecule has 0 aromatic heterocycles. The Kier molecular flexibility index (Phi) is 6.61. The van der Waals surface area contributed by atoms with Gasteiger partial charge in [-0.15, -0.1) is 0 Å². The molecule has 1 saturated heterocycles. The zero-order valence-electron chi connectivity index (χ0n) is 18.5. The number of amides is 3. The van der Waals surface area contributed by atoms with E-state index in [1.165, 1.54) is 4.90 Å². The number of urea groups is 1. The van der Waals surface area contributed by atoms with E-state index in [-0.39, 0.29) is 17.5 Å². The number of carbonyl (C=O) groups excluding carboxylic acids is 2. The van der Waals surface area contributed by atoms with E-state index in [4.69, 9.17) is 0 Å². The topological polar surface area (TPSA) is 52.6 Å². The van der Waals surface area contributed by atoms with Gasteiger partial charge < -0.3 is 5.32 Å². The highest BCUT2D eigenvalue weighted by molar-refractivity contribution is 6.09. The maximum atomic E-state index is 13.8. The first-order valence-electron chi connectivity index (χ1n) is 10.9. The third kappa shape index (κ3) is 3.99. The lowest BCUT2D eigenvalue weighted by Gasteiger charge is -2.38. The fraction of sp³-hybridized carbons (Fsp3) is 0.440. The van der Waals surface area contributed by atoms with E-state index in [1.54, 1.807) is 0 Å². The molecule has 1 heterocycles. The number of benzene rings is 2. The molecule has 1 fully saturated rings. The minimum atomic E-state index is -1.19. The maximum Gasteiger partial charge on any atom is 0.325 e. The lowest BCUT2D eigenvalue weighted by Crippen LogP contribution is -2.49. The van der Waals surface area contributed by atoms with Crippen molar-refractivity contribution in [2.45, 2.75) is 51.6 Å². The normalized spacial score (nSPS) is 16.2. The summed E-state index contributed by atoms with van der Waals surface area (Å²) in [6.45, 7) is 10.7. The van der Waals surface area contributed by atoms with Crippen LogP contribution in [0.25, 0.3) is 0 Å². The van der Waals surface area contributed by atoms with Crippen LogP contribution in [-0.4, -0.2) is 46.9 Å². The van der Waals surface area contributed by atoms with Gasteiger partial charge in [-0.1, -0.05) is 74.5 Å². The molecule has 0 radical (unpaired) electrons. The third-order valence-electron chi connectivity index (χ3n) is 6.33. The van der Waals surface area contributed by atoms with E-state index in [9.17, 15) is 9.59 Å². The Labute approximate surface area is 180 Å². The SMILES string of the molecule is CCCN(CCN1C(=O)NC(c2ccccc2)(c2ccccc2)C1=O)C(C)(C)CC. The predicted octanol–water partition coefficient (Wildman–Crippen LogP) is 4.38. The van der Waals surface area contributed by atoms with Crippen LogP contribution in [0.5, 0.6) is 0 Å². The molecule has 1 aliphatic heterocycles. The molecule has 0 unspecified atom stereocenters. The van der Waals surface area contributed by atoms with Crippen molar-refractivity contribution in [1.29, 1.82) is 0 Å². The van der Waals surface area contributed by atoms with Gasteiger partial charge in [0, 0.05) is 18.6 Å². The maximum absolute atomic E-state index is 13.8. The molecule has 0 aliphatic carbocycles. The molecule has 2 aromatic carbocycles. The van der Waals surface area contributed by atoms with Gasteiger partial charge in [0.1, 0.15) is 0 Å². The van der Waals surface area contributed by atoms with Crippen LogP contribution in [0.1, 0.15) is 51.7 Å². The number of hydrogen-bond donors (Lipinski definition) is 1. The van der Waals surface area contributed by atoms with E-state index in [1.807, 2.05) is 60.7 Å². The monoisotopic (exact) mass is 407 g/mol. The average molecular weight is 408 g/mol. The molecule has 160 valence electrons. The molecule has 5 heteroatoms. The van der Waals surface area contributed by atoms with Crippen LogP contribution in [0, 0.1) is 0 Å². The van der Waals surface area contributed by atoms with Gasteiger partial charge in [-0.05, 0) is 44.4 Å². The van der Waals surface area contributed by atoms with Gasteiger partial charge in [-0.3, -0.25) is 14.6 Å². The van der Waals surface area contributed by atoms with E-state index < -0.39 is 5.54 Å². The second-order valence-corrected chi connectivity index (χ2v) is 8.52. The number of rotatable bonds is 9. The molecule has 0 bridgehead atoms. The minimum Gasteiger partial charge on any atom is -0.315 e. The van der Waals surface area contributed by atoms with Crippen molar-refractivity contribution in [3.63, 3.8) is 0 Å². The van der Waals surface area contributed by atoms with E-state index in [0.29, 0.717) is 13.1 Å². The highest BCUT2D eigenvalue weighted by Crippen LogP contribution is 2.36. The summed E-state index contributed by atoms with van der Waals surface area (Å²) in [6, 6.07) is 18.7. The summed E-state index contributed by atoms with van der Waals surface area (Å²) in [4.78, 5) is 30.5. The van der Waals surface area contributed by atoms with Gasteiger partial charge in [-0.2, -0.15) is 0 Å². The summed E-state index contributed by atoms with van der Waals surface area (Å²) >= 11 is 0. The van der Waals surface area contributed by atoms with E-state index in [2.05, 4.69) is 37.9 Å². The number of nitrogens with zero attached hydrogens (tertiary/aromatic N) is 2. The standard InChI is InChI=1S/C25H33N3O2/c1-5-17-27(24(3,4)6-2)18-19-28-22(29)25(26-23(28)30,20-13-9-7-10-14-20)21-15-11-8-12-16-21/h7-16H,5-6,17-19H2,1-4H3,(H,26,30). The number of imide groups is 1. The Bertz CT molecular complexity index is 825. The summed E-state index contributed by atoms with van der Waals surface area (Å²) < 4.78 is 0. The zero-order valence-corrected chi connectivity index (χ0v) is 18.5. The molecule has 0 saturated carbocycles. The van der Waals surface area contributed by atoms with Crippen LogP contribution in [0.3, 0.4) is 0 Å². The molecular formula is C25H33N3O2. The molecule has 1 N–H and O–H groups in total. The van der Waals surface area contributed by atoms with Gasteiger partial charge in [0.25, 0.3) is 5.91 Å². The Balaban J connectivity index is 1.92.